The van der Waals surface area contributed by atoms with Gasteiger partial charge in [0.15, 0.2) is 0 Å². The third-order valence-electron chi connectivity index (χ3n) is 3.72. The third-order valence-corrected chi connectivity index (χ3v) is 3.72. The molecule has 1 aliphatic rings. The molecule has 20 heavy (non-hydrogen) atoms. The van der Waals surface area contributed by atoms with Crippen molar-refractivity contribution in [3.05, 3.63) is 35.4 Å². The van der Waals surface area contributed by atoms with E-state index in [2.05, 4.69) is 19.2 Å². The predicted octanol–water partition coefficient (Wildman–Crippen LogP) is 2.57. The molecule has 2 rings (SSSR count). The largest absolute Gasteiger partial charge is 0.350 e. The number of hydrogen-bond acceptors (Lipinski definition) is 3. The zero-order valence-corrected chi connectivity index (χ0v) is 12.6. The first kappa shape index (κ1) is 15.0. The highest BCUT2D eigenvalue weighted by molar-refractivity contribution is 5.94. The molecule has 1 fully saturated rings. The highest BCUT2D eigenvalue weighted by Crippen LogP contribution is 2.17. The minimum absolute atomic E-state index is 0.0105. The second-order valence-corrected chi connectivity index (χ2v) is 5.49. The Morgan fingerprint density at radius 2 is 2.10 bits per heavy atom. The molecule has 1 amide bonds. The van der Waals surface area contributed by atoms with Gasteiger partial charge < -0.3 is 5.32 Å². The zero-order valence-electron chi connectivity index (χ0n) is 12.6. The Bertz CT molecular complexity index is 442. The number of rotatable bonds is 6. The number of carbonyl (C=O) groups is 1. The molecule has 1 aliphatic heterocycles. The second-order valence-electron chi connectivity index (χ2n) is 5.49. The molecule has 110 valence electrons. The fraction of sp³-hybridized carbons (Fsp3) is 0.562. The molecule has 0 bridgehead atoms. The van der Waals surface area contributed by atoms with Crippen LogP contribution >= 0.6 is 0 Å². The fourth-order valence-corrected chi connectivity index (χ4v) is 2.29. The van der Waals surface area contributed by atoms with E-state index in [1.54, 1.807) is 0 Å². The maximum atomic E-state index is 12.1. The van der Waals surface area contributed by atoms with Gasteiger partial charge in [0.2, 0.25) is 0 Å². The summed E-state index contributed by atoms with van der Waals surface area (Å²) < 4.78 is 0. The van der Waals surface area contributed by atoms with Crippen molar-refractivity contribution in [3.63, 3.8) is 0 Å². The van der Waals surface area contributed by atoms with E-state index < -0.39 is 0 Å². The molecule has 0 saturated carbocycles. The smallest absolute Gasteiger partial charge is 0.251 e. The van der Waals surface area contributed by atoms with E-state index in [9.17, 15) is 4.79 Å². The first-order valence-corrected chi connectivity index (χ1v) is 7.39. The summed E-state index contributed by atoms with van der Waals surface area (Å²) >= 11 is 0. The average Bonchev–Trinajstić information content (AvgIpc) is 2.43. The summed E-state index contributed by atoms with van der Waals surface area (Å²) in [6.07, 6.45) is 1.08. The van der Waals surface area contributed by atoms with Gasteiger partial charge in [0, 0.05) is 18.7 Å². The van der Waals surface area contributed by atoms with Gasteiger partial charge in [-0.1, -0.05) is 26.0 Å². The van der Waals surface area contributed by atoms with Crippen molar-refractivity contribution in [1.29, 1.82) is 0 Å². The Labute approximate surface area is 121 Å². The SMILES string of the molecule is CCON1CCC1CNC(=O)c1ccc(C(C)C)cc1. The standard InChI is InChI=1S/C16H24N2O2/c1-4-20-18-10-9-15(18)11-17-16(19)14-7-5-13(6-8-14)12(2)3/h5-8,12,15H,4,9-11H2,1-3H3,(H,17,19). The van der Waals surface area contributed by atoms with Crippen molar-refractivity contribution in [2.45, 2.75) is 39.2 Å². The molecular weight excluding hydrogens is 252 g/mol. The summed E-state index contributed by atoms with van der Waals surface area (Å²) in [6.45, 7) is 8.55. The molecule has 1 atom stereocenters. The van der Waals surface area contributed by atoms with Crippen LogP contribution in [0.25, 0.3) is 0 Å². The second kappa shape index (κ2) is 6.86. The van der Waals surface area contributed by atoms with E-state index in [0.717, 1.165) is 18.5 Å². The highest BCUT2D eigenvalue weighted by Gasteiger charge is 2.28. The lowest BCUT2D eigenvalue weighted by molar-refractivity contribution is -0.226. The van der Waals surface area contributed by atoms with E-state index in [4.69, 9.17) is 4.84 Å². The van der Waals surface area contributed by atoms with E-state index in [1.165, 1.54) is 5.56 Å². The summed E-state index contributed by atoms with van der Waals surface area (Å²) in [5, 5.41) is 4.92. The molecule has 1 aromatic rings. The molecule has 1 N–H and O–H groups in total. The van der Waals surface area contributed by atoms with Crippen LogP contribution in [-0.4, -0.2) is 36.7 Å². The zero-order chi connectivity index (χ0) is 14.5. The van der Waals surface area contributed by atoms with Crippen molar-refractivity contribution in [2.75, 3.05) is 19.7 Å². The maximum Gasteiger partial charge on any atom is 0.251 e. The number of benzene rings is 1. The Hall–Kier alpha value is -1.39. The van der Waals surface area contributed by atoms with Crippen LogP contribution in [0.4, 0.5) is 0 Å². The van der Waals surface area contributed by atoms with E-state index in [0.29, 0.717) is 25.1 Å². The average molecular weight is 276 g/mol. The normalized spacial score (nSPS) is 18.9. The lowest BCUT2D eigenvalue weighted by Crippen LogP contribution is -2.53. The number of nitrogens with one attached hydrogen (secondary N) is 1. The van der Waals surface area contributed by atoms with Crippen molar-refractivity contribution < 1.29 is 9.63 Å². The van der Waals surface area contributed by atoms with Gasteiger partial charge in [0.05, 0.1) is 12.6 Å². The molecule has 0 aromatic heterocycles. The van der Waals surface area contributed by atoms with Gasteiger partial charge >= 0.3 is 0 Å². The van der Waals surface area contributed by atoms with Gasteiger partial charge in [-0.3, -0.25) is 9.63 Å². The van der Waals surface area contributed by atoms with Gasteiger partial charge in [-0.05, 0) is 37.0 Å². The van der Waals surface area contributed by atoms with Crippen LogP contribution < -0.4 is 5.32 Å². The highest BCUT2D eigenvalue weighted by atomic mass is 16.7. The molecule has 1 aromatic carbocycles. The summed E-state index contributed by atoms with van der Waals surface area (Å²) in [4.78, 5) is 17.5. The number of nitrogens with zero attached hydrogens (tertiary/aromatic N) is 1. The first-order valence-electron chi connectivity index (χ1n) is 7.39. The molecule has 0 aliphatic carbocycles. The lowest BCUT2D eigenvalue weighted by Gasteiger charge is -2.39. The van der Waals surface area contributed by atoms with E-state index in [-0.39, 0.29) is 5.91 Å². The Balaban J connectivity index is 1.82. The van der Waals surface area contributed by atoms with Crippen molar-refractivity contribution in [2.24, 2.45) is 0 Å². The Kier molecular flexibility index (Phi) is 5.15. The Morgan fingerprint density at radius 3 is 2.60 bits per heavy atom. The molecule has 4 nitrogen and oxygen atoms in total. The minimum Gasteiger partial charge on any atom is -0.350 e. The van der Waals surface area contributed by atoms with Crippen LogP contribution in [0.3, 0.4) is 0 Å². The maximum absolute atomic E-state index is 12.1. The van der Waals surface area contributed by atoms with E-state index >= 15 is 0 Å². The number of carbonyl (C=O) groups excluding carboxylic acids is 1. The van der Waals surface area contributed by atoms with Crippen molar-refractivity contribution in [1.82, 2.24) is 10.4 Å². The van der Waals surface area contributed by atoms with Crippen LogP contribution in [0.15, 0.2) is 24.3 Å². The summed E-state index contributed by atoms with van der Waals surface area (Å²) in [6, 6.07) is 8.15. The van der Waals surface area contributed by atoms with Gasteiger partial charge in [-0.25, -0.2) is 0 Å². The van der Waals surface area contributed by atoms with Gasteiger partial charge in [-0.15, -0.1) is 0 Å². The monoisotopic (exact) mass is 276 g/mol. The van der Waals surface area contributed by atoms with Gasteiger partial charge in [-0.2, -0.15) is 5.06 Å². The summed E-state index contributed by atoms with van der Waals surface area (Å²) in [7, 11) is 0. The summed E-state index contributed by atoms with van der Waals surface area (Å²) in [5.41, 5.74) is 1.97. The third kappa shape index (κ3) is 3.58. The van der Waals surface area contributed by atoms with Crippen molar-refractivity contribution in [3.8, 4) is 0 Å². The van der Waals surface area contributed by atoms with Crippen LogP contribution in [0.5, 0.6) is 0 Å². The minimum atomic E-state index is -0.0105. The van der Waals surface area contributed by atoms with Crippen LogP contribution in [0.1, 0.15) is 49.0 Å². The van der Waals surface area contributed by atoms with Gasteiger partial charge in [0.1, 0.15) is 0 Å². The number of hydroxylamine groups is 2. The fourth-order valence-electron chi connectivity index (χ4n) is 2.29. The van der Waals surface area contributed by atoms with Crippen LogP contribution in [0.2, 0.25) is 0 Å². The molecule has 0 radical (unpaired) electrons. The molecule has 1 heterocycles. The molecule has 1 saturated heterocycles. The van der Waals surface area contributed by atoms with Gasteiger partial charge in [0.25, 0.3) is 5.91 Å². The molecule has 4 heteroatoms. The quantitative estimate of drug-likeness (QED) is 0.868. The lowest BCUT2D eigenvalue weighted by atomic mass is 10.0. The van der Waals surface area contributed by atoms with E-state index in [1.807, 2.05) is 36.3 Å². The summed E-state index contributed by atoms with van der Waals surface area (Å²) in [5.74, 6) is 0.477. The predicted molar refractivity (Wildman–Crippen MR) is 79.6 cm³/mol. The first-order chi connectivity index (χ1) is 9.61. The number of amides is 1. The molecular formula is C16H24N2O2. The van der Waals surface area contributed by atoms with Crippen molar-refractivity contribution >= 4 is 5.91 Å². The topological polar surface area (TPSA) is 41.6 Å². The Morgan fingerprint density at radius 1 is 1.40 bits per heavy atom. The molecule has 1 unspecified atom stereocenters. The molecule has 0 spiro atoms. The van der Waals surface area contributed by atoms with Crippen LogP contribution in [0, 0.1) is 0 Å². The van der Waals surface area contributed by atoms with Crippen LogP contribution in [-0.2, 0) is 4.84 Å². The number of hydrogen-bond donors (Lipinski definition) is 1.